The van der Waals surface area contributed by atoms with Gasteiger partial charge in [-0.3, -0.25) is 4.79 Å². The molecule has 0 aliphatic heterocycles. The Kier molecular flexibility index (Phi) is 15.2. The van der Waals surface area contributed by atoms with Gasteiger partial charge in [0.2, 0.25) is 5.91 Å². The van der Waals surface area contributed by atoms with Gasteiger partial charge in [-0.25, -0.2) is 4.79 Å². The average Bonchev–Trinajstić information content (AvgIpc) is 2.22. The maximum Gasteiger partial charge on any atom is 0.326 e. The van der Waals surface area contributed by atoms with E-state index in [2.05, 4.69) is 5.32 Å². The molecule has 0 aliphatic carbocycles. The second-order valence-electron chi connectivity index (χ2n) is 3.38. The monoisotopic (exact) mass is 289 g/mol. The molecule has 0 aromatic heterocycles. The quantitative estimate of drug-likeness (QED) is 0.521. The number of halogens is 2. The molecule has 0 rings (SSSR count). The van der Waals surface area contributed by atoms with Crippen molar-refractivity contribution in [3.63, 3.8) is 0 Å². The van der Waals surface area contributed by atoms with E-state index < -0.39 is 24.0 Å². The standard InChI is InChI=1S/C9H19N3O3.2ClH/c1-2-3-4-7(9(14)15)12-8(13)6(11)5-10;;/h6-7H,2-5,10-11H2,1H3,(H,12,13)(H,14,15);2*1H/t6-,7-;;/m1../s1. The number of hydrogen-bond acceptors (Lipinski definition) is 4. The highest BCUT2D eigenvalue weighted by Gasteiger charge is 2.21. The van der Waals surface area contributed by atoms with Crippen LogP contribution >= 0.6 is 24.8 Å². The van der Waals surface area contributed by atoms with E-state index in [4.69, 9.17) is 16.6 Å². The zero-order valence-corrected chi connectivity index (χ0v) is 11.4. The first-order chi connectivity index (χ1) is 7.02. The van der Waals surface area contributed by atoms with Gasteiger partial charge in [-0.2, -0.15) is 0 Å². The summed E-state index contributed by atoms with van der Waals surface area (Å²) in [5, 5.41) is 11.2. The molecule has 1 amide bonds. The van der Waals surface area contributed by atoms with E-state index in [1.54, 1.807) is 0 Å². The number of carboxylic acid groups (broad SMARTS) is 1. The summed E-state index contributed by atoms with van der Waals surface area (Å²) in [6, 6.07) is -1.71. The van der Waals surface area contributed by atoms with Crippen LogP contribution in [-0.2, 0) is 9.59 Å². The number of unbranched alkanes of at least 4 members (excludes halogenated alkanes) is 1. The van der Waals surface area contributed by atoms with Crippen molar-refractivity contribution in [2.24, 2.45) is 11.5 Å². The molecule has 0 unspecified atom stereocenters. The van der Waals surface area contributed by atoms with Crippen LogP contribution in [0.4, 0.5) is 0 Å². The number of carbonyl (C=O) groups is 2. The number of rotatable bonds is 7. The SMILES string of the molecule is CCCC[C@@H](NC(=O)[C@H](N)CN)C(=O)O.Cl.Cl. The first kappa shape index (κ1) is 21.7. The Bertz CT molecular complexity index is 230. The predicted molar refractivity (Wildman–Crippen MR) is 70.6 cm³/mol. The number of carbonyl (C=O) groups excluding carboxylic acids is 1. The summed E-state index contributed by atoms with van der Waals surface area (Å²) < 4.78 is 0. The Morgan fingerprint density at radius 1 is 1.35 bits per heavy atom. The van der Waals surface area contributed by atoms with E-state index in [1.165, 1.54) is 0 Å². The van der Waals surface area contributed by atoms with E-state index in [9.17, 15) is 9.59 Å². The molecule has 17 heavy (non-hydrogen) atoms. The minimum absolute atomic E-state index is 0. The van der Waals surface area contributed by atoms with Crippen molar-refractivity contribution in [1.82, 2.24) is 5.32 Å². The van der Waals surface area contributed by atoms with Crippen molar-refractivity contribution in [1.29, 1.82) is 0 Å². The molecular formula is C9H21Cl2N3O3. The highest BCUT2D eigenvalue weighted by atomic mass is 35.5. The molecule has 0 fully saturated rings. The number of carboxylic acids is 1. The molecule has 0 saturated carbocycles. The molecule has 0 radical (unpaired) electrons. The summed E-state index contributed by atoms with van der Waals surface area (Å²) in [6.07, 6.45) is 2.03. The molecule has 0 saturated heterocycles. The summed E-state index contributed by atoms with van der Waals surface area (Å²) >= 11 is 0. The Labute approximate surface area is 113 Å². The highest BCUT2D eigenvalue weighted by Crippen LogP contribution is 2.01. The molecule has 8 heteroatoms. The van der Waals surface area contributed by atoms with Gasteiger partial charge in [-0.1, -0.05) is 19.8 Å². The van der Waals surface area contributed by atoms with Gasteiger partial charge < -0.3 is 21.9 Å². The number of nitrogens with two attached hydrogens (primary N) is 2. The molecule has 0 aliphatic rings. The molecule has 104 valence electrons. The molecule has 6 N–H and O–H groups in total. The van der Waals surface area contributed by atoms with Crippen LogP contribution in [0.5, 0.6) is 0 Å². The molecule has 0 spiro atoms. The fourth-order valence-corrected chi connectivity index (χ4v) is 1.05. The number of hydrogen-bond donors (Lipinski definition) is 4. The molecular weight excluding hydrogens is 269 g/mol. The van der Waals surface area contributed by atoms with E-state index in [0.717, 1.165) is 12.8 Å². The molecule has 2 atom stereocenters. The lowest BCUT2D eigenvalue weighted by Crippen LogP contribution is -2.51. The minimum atomic E-state index is -1.04. The lowest BCUT2D eigenvalue weighted by Gasteiger charge is -2.16. The van der Waals surface area contributed by atoms with Gasteiger partial charge in [0.15, 0.2) is 0 Å². The second-order valence-corrected chi connectivity index (χ2v) is 3.38. The van der Waals surface area contributed by atoms with Crippen molar-refractivity contribution < 1.29 is 14.7 Å². The minimum Gasteiger partial charge on any atom is -0.480 e. The fourth-order valence-electron chi connectivity index (χ4n) is 1.05. The van der Waals surface area contributed by atoms with Gasteiger partial charge in [0, 0.05) is 6.54 Å². The lowest BCUT2D eigenvalue weighted by atomic mass is 10.1. The third-order valence-electron chi connectivity index (χ3n) is 2.05. The molecule has 0 aromatic rings. The van der Waals surface area contributed by atoms with E-state index >= 15 is 0 Å². The van der Waals surface area contributed by atoms with Gasteiger partial charge in [0.05, 0.1) is 6.04 Å². The fraction of sp³-hybridized carbons (Fsp3) is 0.778. The number of aliphatic carboxylic acids is 1. The van der Waals surface area contributed by atoms with E-state index in [-0.39, 0.29) is 31.4 Å². The van der Waals surface area contributed by atoms with Crippen LogP contribution in [-0.4, -0.2) is 35.6 Å². The van der Waals surface area contributed by atoms with E-state index in [1.807, 2.05) is 6.92 Å². The van der Waals surface area contributed by atoms with Crippen LogP contribution in [0, 0.1) is 0 Å². The van der Waals surface area contributed by atoms with E-state index in [0.29, 0.717) is 6.42 Å². The van der Waals surface area contributed by atoms with Gasteiger partial charge in [-0.05, 0) is 6.42 Å². The maximum absolute atomic E-state index is 11.3. The van der Waals surface area contributed by atoms with Crippen molar-refractivity contribution in [3.8, 4) is 0 Å². The third kappa shape index (κ3) is 9.17. The Balaban J connectivity index is -0.000000980. The predicted octanol–water partition coefficient (Wildman–Crippen LogP) is -0.124. The second kappa shape index (κ2) is 11.9. The van der Waals surface area contributed by atoms with Crippen LogP contribution < -0.4 is 16.8 Å². The van der Waals surface area contributed by atoms with Gasteiger partial charge in [0.1, 0.15) is 6.04 Å². The van der Waals surface area contributed by atoms with Crippen LogP contribution in [0.15, 0.2) is 0 Å². The van der Waals surface area contributed by atoms with Gasteiger partial charge in [-0.15, -0.1) is 24.8 Å². The number of nitrogens with one attached hydrogen (secondary N) is 1. The van der Waals surface area contributed by atoms with Crippen LogP contribution in [0.25, 0.3) is 0 Å². The highest BCUT2D eigenvalue weighted by molar-refractivity contribution is 5.86. The summed E-state index contributed by atoms with van der Waals surface area (Å²) in [6.45, 7) is 1.96. The summed E-state index contributed by atoms with van der Waals surface area (Å²) in [7, 11) is 0. The van der Waals surface area contributed by atoms with Crippen molar-refractivity contribution >= 4 is 36.7 Å². The first-order valence-electron chi connectivity index (χ1n) is 5.01. The van der Waals surface area contributed by atoms with Crippen LogP contribution in [0.2, 0.25) is 0 Å². The first-order valence-corrected chi connectivity index (χ1v) is 5.01. The summed E-state index contributed by atoms with van der Waals surface area (Å²) in [4.78, 5) is 22.0. The van der Waals surface area contributed by atoms with Crippen molar-refractivity contribution in [2.45, 2.75) is 38.3 Å². The summed E-state index contributed by atoms with van der Waals surface area (Å²) in [5.41, 5.74) is 10.6. The Morgan fingerprint density at radius 2 is 1.88 bits per heavy atom. The smallest absolute Gasteiger partial charge is 0.326 e. The molecule has 0 bridgehead atoms. The third-order valence-corrected chi connectivity index (χ3v) is 2.05. The van der Waals surface area contributed by atoms with Gasteiger partial charge >= 0.3 is 5.97 Å². The topological polar surface area (TPSA) is 118 Å². The zero-order chi connectivity index (χ0) is 11.8. The van der Waals surface area contributed by atoms with Crippen molar-refractivity contribution in [3.05, 3.63) is 0 Å². The molecule has 0 heterocycles. The maximum atomic E-state index is 11.3. The Hall–Kier alpha value is -0.560. The zero-order valence-electron chi connectivity index (χ0n) is 9.72. The van der Waals surface area contributed by atoms with Crippen LogP contribution in [0.3, 0.4) is 0 Å². The largest absolute Gasteiger partial charge is 0.480 e. The van der Waals surface area contributed by atoms with Gasteiger partial charge in [0.25, 0.3) is 0 Å². The Morgan fingerprint density at radius 3 is 2.24 bits per heavy atom. The van der Waals surface area contributed by atoms with Crippen LogP contribution in [0.1, 0.15) is 26.2 Å². The summed E-state index contributed by atoms with van der Waals surface area (Å²) in [5.74, 6) is -1.55. The molecule has 0 aromatic carbocycles. The average molecular weight is 290 g/mol. The normalized spacial score (nSPS) is 12.6. The number of amides is 1. The molecule has 6 nitrogen and oxygen atoms in total. The lowest BCUT2D eigenvalue weighted by molar-refractivity contribution is -0.142. The van der Waals surface area contributed by atoms with Crippen molar-refractivity contribution in [2.75, 3.05) is 6.54 Å².